The molecule has 3 heteroatoms. The lowest BCUT2D eigenvalue weighted by Gasteiger charge is -2.29. The van der Waals surface area contributed by atoms with Crippen molar-refractivity contribution in [2.75, 3.05) is 18.0 Å². The SMILES string of the molecule is Fc1cc(I)ccc1N1CCCCC1. The molecule has 1 aliphatic heterocycles. The maximum absolute atomic E-state index is 13.6. The number of halogens is 2. The standard InChI is InChI=1S/C11H13FIN/c12-10-8-9(13)4-5-11(10)14-6-2-1-3-7-14/h4-5,8H,1-3,6-7H2. The predicted octanol–water partition coefficient (Wildman–Crippen LogP) is 3.42. The topological polar surface area (TPSA) is 3.24 Å². The summed E-state index contributed by atoms with van der Waals surface area (Å²) in [6, 6.07) is 5.46. The van der Waals surface area contributed by atoms with Crippen molar-refractivity contribution in [2.24, 2.45) is 0 Å². The van der Waals surface area contributed by atoms with Crippen LogP contribution in [0, 0.1) is 9.39 Å². The molecule has 14 heavy (non-hydrogen) atoms. The number of rotatable bonds is 1. The van der Waals surface area contributed by atoms with Gasteiger partial charge in [-0.15, -0.1) is 0 Å². The molecule has 0 aliphatic carbocycles. The molecule has 1 fully saturated rings. The Bertz CT molecular complexity index is 321. The van der Waals surface area contributed by atoms with Crippen LogP contribution in [0.5, 0.6) is 0 Å². The summed E-state index contributed by atoms with van der Waals surface area (Å²) in [6.07, 6.45) is 3.65. The van der Waals surface area contributed by atoms with Crippen LogP contribution in [0.1, 0.15) is 19.3 Å². The third-order valence-electron chi connectivity index (χ3n) is 2.61. The van der Waals surface area contributed by atoms with Gasteiger partial charge in [-0.25, -0.2) is 4.39 Å². The second-order valence-corrected chi connectivity index (χ2v) is 4.89. The Morgan fingerprint density at radius 1 is 1.14 bits per heavy atom. The molecule has 0 unspecified atom stereocenters. The van der Waals surface area contributed by atoms with Gasteiger partial charge in [-0.2, -0.15) is 0 Å². The molecule has 0 amide bonds. The van der Waals surface area contributed by atoms with Crippen LogP contribution < -0.4 is 4.90 Å². The van der Waals surface area contributed by atoms with Gasteiger partial charge >= 0.3 is 0 Å². The number of benzene rings is 1. The molecule has 1 aromatic rings. The Balaban J connectivity index is 2.22. The highest BCUT2D eigenvalue weighted by Crippen LogP contribution is 2.24. The highest BCUT2D eigenvalue weighted by atomic mass is 127. The maximum atomic E-state index is 13.6. The van der Waals surface area contributed by atoms with Crippen molar-refractivity contribution in [1.82, 2.24) is 0 Å². The minimum Gasteiger partial charge on any atom is -0.369 e. The van der Waals surface area contributed by atoms with Gasteiger partial charge in [0.2, 0.25) is 0 Å². The molecule has 0 radical (unpaired) electrons. The summed E-state index contributed by atoms with van der Waals surface area (Å²) >= 11 is 2.13. The van der Waals surface area contributed by atoms with E-state index < -0.39 is 0 Å². The zero-order valence-electron chi connectivity index (χ0n) is 7.97. The number of nitrogens with zero attached hydrogens (tertiary/aromatic N) is 1. The van der Waals surface area contributed by atoms with Gasteiger partial charge in [0, 0.05) is 16.7 Å². The van der Waals surface area contributed by atoms with Crippen LogP contribution in [0.4, 0.5) is 10.1 Å². The van der Waals surface area contributed by atoms with Gasteiger partial charge in [-0.3, -0.25) is 0 Å². The summed E-state index contributed by atoms with van der Waals surface area (Å²) in [7, 11) is 0. The Kier molecular flexibility index (Phi) is 3.26. The normalized spacial score (nSPS) is 17.1. The van der Waals surface area contributed by atoms with E-state index in [1.807, 2.05) is 12.1 Å². The number of anilines is 1. The van der Waals surface area contributed by atoms with Gasteiger partial charge in [-0.1, -0.05) is 0 Å². The third kappa shape index (κ3) is 2.19. The molecule has 0 saturated carbocycles. The zero-order valence-corrected chi connectivity index (χ0v) is 10.1. The molecule has 76 valence electrons. The lowest BCUT2D eigenvalue weighted by molar-refractivity contribution is 0.556. The fourth-order valence-corrected chi connectivity index (χ4v) is 2.33. The van der Waals surface area contributed by atoms with Crippen LogP contribution in [-0.4, -0.2) is 13.1 Å². The van der Waals surface area contributed by atoms with Crippen molar-refractivity contribution in [3.63, 3.8) is 0 Å². The lowest BCUT2D eigenvalue weighted by atomic mass is 10.1. The van der Waals surface area contributed by atoms with Crippen LogP contribution in [-0.2, 0) is 0 Å². The van der Waals surface area contributed by atoms with E-state index in [1.54, 1.807) is 6.07 Å². The fraction of sp³-hybridized carbons (Fsp3) is 0.455. The van der Waals surface area contributed by atoms with E-state index in [2.05, 4.69) is 27.5 Å². The fourth-order valence-electron chi connectivity index (χ4n) is 1.87. The van der Waals surface area contributed by atoms with Crippen LogP contribution in [0.3, 0.4) is 0 Å². The van der Waals surface area contributed by atoms with Gasteiger partial charge in [0.05, 0.1) is 5.69 Å². The molecular formula is C11H13FIN. The van der Waals surface area contributed by atoms with Crippen molar-refractivity contribution in [1.29, 1.82) is 0 Å². The molecule has 1 aliphatic rings. The summed E-state index contributed by atoms with van der Waals surface area (Å²) in [6.45, 7) is 2.00. The van der Waals surface area contributed by atoms with E-state index >= 15 is 0 Å². The molecule has 0 N–H and O–H groups in total. The van der Waals surface area contributed by atoms with Gasteiger partial charge in [-0.05, 0) is 60.1 Å². The van der Waals surface area contributed by atoms with E-state index in [4.69, 9.17) is 0 Å². The van der Waals surface area contributed by atoms with Crippen LogP contribution in [0.25, 0.3) is 0 Å². The molecule has 0 atom stereocenters. The monoisotopic (exact) mass is 305 g/mol. The van der Waals surface area contributed by atoms with Crippen LogP contribution >= 0.6 is 22.6 Å². The summed E-state index contributed by atoms with van der Waals surface area (Å²) < 4.78 is 14.5. The molecule has 1 nitrogen and oxygen atoms in total. The summed E-state index contributed by atoms with van der Waals surface area (Å²) in [5, 5.41) is 0. The first-order valence-electron chi connectivity index (χ1n) is 4.97. The summed E-state index contributed by atoms with van der Waals surface area (Å²) in [4.78, 5) is 2.15. The van der Waals surface area contributed by atoms with Crippen molar-refractivity contribution in [3.05, 3.63) is 27.6 Å². The second kappa shape index (κ2) is 4.47. The van der Waals surface area contributed by atoms with E-state index in [9.17, 15) is 4.39 Å². The molecular weight excluding hydrogens is 292 g/mol. The van der Waals surface area contributed by atoms with Gasteiger partial charge < -0.3 is 4.90 Å². The number of hydrogen-bond donors (Lipinski definition) is 0. The molecule has 1 heterocycles. The van der Waals surface area contributed by atoms with Crippen molar-refractivity contribution >= 4 is 28.3 Å². The molecule has 1 aromatic carbocycles. The van der Waals surface area contributed by atoms with Crippen LogP contribution in [0.2, 0.25) is 0 Å². The predicted molar refractivity (Wildman–Crippen MR) is 65.2 cm³/mol. The molecule has 0 spiro atoms. The highest BCUT2D eigenvalue weighted by Gasteiger charge is 2.14. The highest BCUT2D eigenvalue weighted by molar-refractivity contribution is 14.1. The Labute approximate surface area is 97.4 Å². The zero-order chi connectivity index (χ0) is 9.97. The minimum absolute atomic E-state index is 0.0844. The van der Waals surface area contributed by atoms with Crippen LogP contribution in [0.15, 0.2) is 18.2 Å². The van der Waals surface area contributed by atoms with Gasteiger partial charge in [0.1, 0.15) is 5.82 Å². The van der Waals surface area contributed by atoms with Crippen molar-refractivity contribution in [2.45, 2.75) is 19.3 Å². The van der Waals surface area contributed by atoms with Crippen molar-refractivity contribution in [3.8, 4) is 0 Å². The second-order valence-electron chi connectivity index (χ2n) is 3.64. The Morgan fingerprint density at radius 2 is 1.86 bits per heavy atom. The Morgan fingerprint density at radius 3 is 2.50 bits per heavy atom. The van der Waals surface area contributed by atoms with Gasteiger partial charge in [0.15, 0.2) is 0 Å². The average Bonchev–Trinajstić information content (AvgIpc) is 2.19. The quantitative estimate of drug-likeness (QED) is 0.719. The van der Waals surface area contributed by atoms with E-state index in [-0.39, 0.29) is 5.82 Å². The first-order valence-corrected chi connectivity index (χ1v) is 6.05. The first kappa shape index (κ1) is 10.2. The first-order chi connectivity index (χ1) is 6.77. The van der Waals surface area contributed by atoms with E-state index in [1.165, 1.54) is 19.3 Å². The Hall–Kier alpha value is -0.320. The summed E-state index contributed by atoms with van der Waals surface area (Å²) in [5.41, 5.74) is 0.769. The largest absolute Gasteiger partial charge is 0.369 e. The third-order valence-corrected chi connectivity index (χ3v) is 3.28. The maximum Gasteiger partial charge on any atom is 0.147 e. The number of hydrogen-bond acceptors (Lipinski definition) is 1. The van der Waals surface area contributed by atoms with E-state index in [0.29, 0.717) is 0 Å². The molecule has 2 rings (SSSR count). The molecule has 1 saturated heterocycles. The van der Waals surface area contributed by atoms with Gasteiger partial charge in [0.25, 0.3) is 0 Å². The average molecular weight is 305 g/mol. The minimum atomic E-state index is -0.0844. The lowest BCUT2D eigenvalue weighted by Crippen LogP contribution is -2.30. The molecule has 0 aromatic heterocycles. The smallest absolute Gasteiger partial charge is 0.147 e. The molecule has 0 bridgehead atoms. The van der Waals surface area contributed by atoms with E-state index in [0.717, 1.165) is 22.3 Å². The summed E-state index contributed by atoms with van der Waals surface area (Å²) in [5.74, 6) is -0.0844. The van der Waals surface area contributed by atoms with Crippen molar-refractivity contribution < 1.29 is 4.39 Å². The number of piperidine rings is 1.